The lowest BCUT2D eigenvalue weighted by Gasteiger charge is -2.47. The van der Waals surface area contributed by atoms with Crippen LogP contribution in [-0.2, 0) is 11.3 Å². The summed E-state index contributed by atoms with van der Waals surface area (Å²) >= 11 is 0. The Morgan fingerprint density at radius 3 is 2.61 bits per heavy atom. The third-order valence-corrected chi connectivity index (χ3v) is 4.20. The highest BCUT2D eigenvalue weighted by Crippen LogP contribution is 2.51. The van der Waals surface area contributed by atoms with Gasteiger partial charge in [-0.05, 0) is 29.7 Å². The van der Waals surface area contributed by atoms with Gasteiger partial charge in [0.15, 0.2) is 0 Å². The largest absolute Gasteiger partial charge is 0.376 e. The zero-order chi connectivity index (χ0) is 13.0. The summed E-state index contributed by atoms with van der Waals surface area (Å²) in [6.45, 7) is 8.51. The van der Waals surface area contributed by atoms with E-state index >= 15 is 0 Å². The van der Waals surface area contributed by atoms with E-state index in [1.165, 1.54) is 12.0 Å². The van der Waals surface area contributed by atoms with Gasteiger partial charge >= 0.3 is 0 Å². The third-order valence-electron chi connectivity index (χ3n) is 4.20. The van der Waals surface area contributed by atoms with Gasteiger partial charge < -0.3 is 4.74 Å². The molecule has 1 saturated carbocycles. The molecule has 18 heavy (non-hydrogen) atoms. The normalized spacial score (nSPS) is 23.9. The number of hydrogen-bond acceptors (Lipinski definition) is 1. The number of allylic oxidation sites excluding steroid dienone is 2. The van der Waals surface area contributed by atoms with Crippen LogP contribution in [0.25, 0.3) is 0 Å². The second-order valence-corrected chi connectivity index (χ2v) is 5.76. The summed E-state index contributed by atoms with van der Waals surface area (Å²) in [5.74, 6) is 0.680. The number of benzene rings is 1. The van der Waals surface area contributed by atoms with E-state index in [0.717, 1.165) is 19.6 Å². The quantitative estimate of drug-likeness (QED) is 0.689. The van der Waals surface area contributed by atoms with Crippen molar-refractivity contribution in [3.05, 3.63) is 47.5 Å². The van der Waals surface area contributed by atoms with Crippen molar-refractivity contribution >= 4 is 0 Å². The first-order valence-electron chi connectivity index (χ1n) is 6.95. The van der Waals surface area contributed by atoms with E-state index < -0.39 is 0 Å². The molecule has 1 aromatic carbocycles. The van der Waals surface area contributed by atoms with E-state index in [0.29, 0.717) is 11.3 Å². The molecule has 1 fully saturated rings. The fourth-order valence-corrected chi connectivity index (χ4v) is 2.67. The molecule has 1 nitrogen and oxygen atoms in total. The summed E-state index contributed by atoms with van der Waals surface area (Å²) in [6.07, 6.45) is 4.75. The summed E-state index contributed by atoms with van der Waals surface area (Å²) in [6, 6.07) is 10.4. The van der Waals surface area contributed by atoms with Crippen LogP contribution in [-0.4, -0.2) is 6.61 Å². The van der Waals surface area contributed by atoms with Crippen LogP contribution in [0.3, 0.4) is 0 Å². The highest BCUT2D eigenvalue weighted by molar-refractivity contribution is 5.24. The molecule has 1 unspecified atom stereocenters. The zero-order valence-electron chi connectivity index (χ0n) is 11.8. The SMILES string of the molecule is CCC=C1CC(COCc2ccccc2)C1(C)C. The van der Waals surface area contributed by atoms with Crippen LogP contribution < -0.4 is 0 Å². The van der Waals surface area contributed by atoms with Crippen molar-refractivity contribution in [1.29, 1.82) is 0 Å². The molecular formula is C17H24O. The van der Waals surface area contributed by atoms with Gasteiger partial charge in [-0.3, -0.25) is 0 Å². The zero-order valence-corrected chi connectivity index (χ0v) is 11.8. The van der Waals surface area contributed by atoms with Crippen LogP contribution in [0.15, 0.2) is 42.0 Å². The molecule has 0 heterocycles. The van der Waals surface area contributed by atoms with Crippen molar-refractivity contribution in [2.24, 2.45) is 11.3 Å². The maximum Gasteiger partial charge on any atom is 0.0717 e. The maximum absolute atomic E-state index is 5.86. The van der Waals surface area contributed by atoms with Crippen LogP contribution in [0.4, 0.5) is 0 Å². The molecule has 0 aromatic heterocycles. The van der Waals surface area contributed by atoms with Crippen LogP contribution >= 0.6 is 0 Å². The van der Waals surface area contributed by atoms with E-state index in [1.54, 1.807) is 5.57 Å². The molecule has 1 aliphatic rings. The standard InChI is InChI=1S/C17H24O/c1-4-8-15-11-16(17(15,2)3)13-18-12-14-9-6-5-7-10-14/h5-10,16H,4,11-13H2,1-3H3. The summed E-state index contributed by atoms with van der Waals surface area (Å²) in [5, 5.41) is 0. The van der Waals surface area contributed by atoms with Gasteiger partial charge in [0.2, 0.25) is 0 Å². The van der Waals surface area contributed by atoms with Gasteiger partial charge in [-0.15, -0.1) is 0 Å². The Balaban J connectivity index is 1.78. The van der Waals surface area contributed by atoms with E-state index in [1.807, 2.05) is 6.07 Å². The molecule has 0 bridgehead atoms. The van der Waals surface area contributed by atoms with Crippen molar-refractivity contribution in [1.82, 2.24) is 0 Å². The van der Waals surface area contributed by atoms with Crippen molar-refractivity contribution in [2.45, 2.75) is 40.2 Å². The minimum atomic E-state index is 0.340. The van der Waals surface area contributed by atoms with Gasteiger partial charge in [0, 0.05) is 0 Å². The van der Waals surface area contributed by atoms with Crippen molar-refractivity contribution in [2.75, 3.05) is 6.61 Å². The van der Waals surface area contributed by atoms with E-state index in [-0.39, 0.29) is 0 Å². The molecule has 0 amide bonds. The van der Waals surface area contributed by atoms with Crippen molar-refractivity contribution < 1.29 is 4.74 Å². The Labute approximate surface area is 111 Å². The molecule has 0 radical (unpaired) electrons. The topological polar surface area (TPSA) is 9.23 Å². The Morgan fingerprint density at radius 2 is 2.00 bits per heavy atom. The highest BCUT2D eigenvalue weighted by Gasteiger charge is 2.42. The number of hydrogen-bond donors (Lipinski definition) is 0. The summed E-state index contributed by atoms with van der Waals surface area (Å²) < 4.78 is 5.86. The Kier molecular flexibility index (Phi) is 4.23. The average molecular weight is 244 g/mol. The average Bonchev–Trinajstić information content (AvgIpc) is 2.38. The molecule has 98 valence electrons. The Morgan fingerprint density at radius 1 is 1.28 bits per heavy atom. The maximum atomic E-state index is 5.86. The van der Waals surface area contributed by atoms with Crippen LogP contribution in [0, 0.1) is 11.3 Å². The minimum Gasteiger partial charge on any atom is -0.376 e. The highest BCUT2D eigenvalue weighted by atomic mass is 16.5. The molecule has 0 spiro atoms. The fraction of sp³-hybridized carbons (Fsp3) is 0.529. The van der Waals surface area contributed by atoms with Crippen molar-refractivity contribution in [3.8, 4) is 0 Å². The van der Waals surface area contributed by atoms with Crippen molar-refractivity contribution in [3.63, 3.8) is 0 Å². The molecule has 1 atom stereocenters. The van der Waals surface area contributed by atoms with Gasteiger partial charge in [-0.2, -0.15) is 0 Å². The first-order valence-corrected chi connectivity index (χ1v) is 6.95. The Bertz CT molecular complexity index is 403. The predicted octanol–water partition coefficient (Wildman–Crippen LogP) is 4.59. The van der Waals surface area contributed by atoms with Crippen LogP contribution in [0.5, 0.6) is 0 Å². The summed E-state index contributed by atoms with van der Waals surface area (Å²) in [4.78, 5) is 0. The molecule has 0 saturated heterocycles. The molecule has 1 heteroatoms. The minimum absolute atomic E-state index is 0.340. The summed E-state index contributed by atoms with van der Waals surface area (Å²) in [5.41, 5.74) is 3.21. The monoisotopic (exact) mass is 244 g/mol. The Hall–Kier alpha value is -1.08. The molecule has 0 N–H and O–H groups in total. The number of rotatable bonds is 5. The lowest BCUT2D eigenvalue weighted by atomic mass is 9.59. The second-order valence-electron chi connectivity index (χ2n) is 5.76. The third kappa shape index (κ3) is 2.84. The van der Waals surface area contributed by atoms with Crippen LogP contribution in [0.1, 0.15) is 39.2 Å². The molecular weight excluding hydrogens is 220 g/mol. The second kappa shape index (κ2) is 5.71. The first-order chi connectivity index (χ1) is 8.64. The van der Waals surface area contributed by atoms with Gasteiger partial charge in [0.05, 0.1) is 13.2 Å². The molecule has 1 aliphatic carbocycles. The smallest absolute Gasteiger partial charge is 0.0717 e. The van der Waals surface area contributed by atoms with E-state index in [4.69, 9.17) is 4.74 Å². The fourth-order valence-electron chi connectivity index (χ4n) is 2.67. The number of ether oxygens (including phenoxy) is 1. The predicted molar refractivity (Wildman–Crippen MR) is 76.4 cm³/mol. The summed E-state index contributed by atoms with van der Waals surface area (Å²) in [7, 11) is 0. The van der Waals surface area contributed by atoms with Gasteiger partial charge in [-0.25, -0.2) is 0 Å². The van der Waals surface area contributed by atoms with Gasteiger partial charge in [0.25, 0.3) is 0 Å². The molecule has 1 aromatic rings. The molecule has 2 rings (SSSR count). The van der Waals surface area contributed by atoms with E-state index in [2.05, 4.69) is 51.1 Å². The van der Waals surface area contributed by atoms with E-state index in [9.17, 15) is 0 Å². The van der Waals surface area contributed by atoms with Gasteiger partial charge in [0.1, 0.15) is 0 Å². The lowest BCUT2D eigenvalue weighted by Crippen LogP contribution is -2.40. The lowest BCUT2D eigenvalue weighted by molar-refractivity contribution is 0.0194. The van der Waals surface area contributed by atoms with Gasteiger partial charge in [-0.1, -0.05) is 62.8 Å². The molecule has 0 aliphatic heterocycles. The van der Waals surface area contributed by atoms with Crippen LogP contribution in [0.2, 0.25) is 0 Å². The first kappa shape index (κ1) is 13.4.